The highest BCUT2D eigenvalue weighted by Gasteiger charge is 2.36. The summed E-state index contributed by atoms with van der Waals surface area (Å²) >= 11 is 0. The molecule has 0 bridgehead atoms. The molecule has 0 spiro atoms. The van der Waals surface area contributed by atoms with Crippen molar-refractivity contribution in [2.75, 3.05) is 19.6 Å². The zero-order valence-electron chi connectivity index (χ0n) is 15.0. The molecule has 1 atom stereocenters. The molecule has 0 fully saturated rings. The average molecular weight is 350 g/mol. The van der Waals surface area contributed by atoms with Gasteiger partial charge in [0.25, 0.3) is 0 Å². The molecule has 1 aromatic carbocycles. The number of aliphatic carboxylic acids is 2. The number of benzene rings is 1. The molecule has 1 aromatic rings. The number of nitrogens with zero attached hydrogens (tertiary/aromatic N) is 1. The summed E-state index contributed by atoms with van der Waals surface area (Å²) in [5, 5.41) is 17.9. The van der Waals surface area contributed by atoms with Crippen LogP contribution in [-0.2, 0) is 19.8 Å². The van der Waals surface area contributed by atoms with Crippen molar-refractivity contribution in [1.29, 1.82) is 0 Å². The smallest absolute Gasteiger partial charge is 0.228 e. The van der Waals surface area contributed by atoms with Crippen molar-refractivity contribution in [3.05, 3.63) is 35.9 Å². The van der Waals surface area contributed by atoms with Gasteiger partial charge in [0.15, 0.2) is 0 Å². The second-order valence-electron chi connectivity index (χ2n) is 5.52. The lowest BCUT2D eigenvalue weighted by Crippen LogP contribution is -2.43. The highest BCUT2D eigenvalue weighted by Crippen LogP contribution is 2.31. The van der Waals surface area contributed by atoms with E-state index in [9.17, 15) is 4.79 Å². The summed E-state index contributed by atoms with van der Waals surface area (Å²) < 4.78 is 0. The highest BCUT2D eigenvalue weighted by atomic mass is 16.4. The van der Waals surface area contributed by atoms with Gasteiger partial charge in [0.2, 0.25) is 5.91 Å². The van der Waals surface area contributed by atoms with Crippen molar-refractivity contribution < 1.29 is 24.6 Å². The second kappa shape index (κ2) is 11.2. The Labute approximate surface area is 148 Å². The van der Waals surface area contributed by atoms with Crippen LogP contribution in [0.3, 0.4) is 0 Å². The van der Waals surface area contributed by atoms with Crippen LogP contribution in [0.2, 0.25) is 0 Å². The standard InChI is InChI=1S/C16H26N2O.C2H2O4/c1-4-16(15(17)19,12-13-18(5-2)6-3)14-10-8-7-9-11-14;3-1(4)2(5)6/h7-11H,4-6,12-13H2,1-3H3,(H2,17,19);(H,3,4)(H,5,6)/p-2. The molecule has 0 saturated carbocycles. The van der Waals surface area contributed by atoms with Crippen LogP contribution in [0.25, 0.3) is 0 Å². The van der Waals surface area contributed by atoms with Gasteiger partial charge in [-0.25, -0.2) is 0 Å². The first-order valence-corrected chi connectivity index (χ1v) is 8.25. The van der Waals surface area contributed by atoms with Crippen LogP contribution in [0.1, 0.15) is 39.2 Å². The molecule has 1 unspecified atom stereocenters. The van der Waals surface area contributed by atoms with Gasteiger partial charge in [0, 0.05) is 0 Å². The van der Waals surface area contributed by atoms with Crippen molar-refractivity contribution >= 4 is 17.8 Å². The molecule has 0 aliphatic carbocycles. The minimum absolute atomic E-state index is 0.214. The fourth-order valence-corrected chi connectivity index (χ4v) is 2.61. The molecule has 1 amide bonds. The van der Waals surface area contributed by atoms with Crippen LogP contribution in [-0.4, -0.2) is 42.4 Å². The molecule has 0 aliphatic rings. The lowest BCUT2D eigenvalue weighted by atomic mass is 9.74. The van der Waals surface area contributed by atoms with Gasteiger partial charge >= 0.3 is 0 Å². The summed E-state index contributed by atoms with van der Waals surface area (Å²) in [5.41, 5.74) is 6.23. The molecule has 0 heterocycles. The maximum absolute atomic E-state index is 12.0. The summed E-state index contributed by atoms with van der Waals surface area (Å²) in [5.74, 6) is -4.58. The maximum atomic E-state index is 12.0. The molecule has 7 nitrogen and oxygen atoms in total. The van der Waals surface area contributed by atoms with E-state index in [-0.39, 0.29) is 5.91 Å². The van der Waals surface area contributed by atoms with Crippen molar-refractivity contribution in [3.8, 4) is 0 Å². The third kappa shape index (κ3) is 6.93. The van der Waals surface area contributed by atoms with Crippen LogP contribution in [0, 0.1) is 0 Å². The zero-order valence-corrected chi connectivity index (χ0v) is 15.0. The molecular weight excluding hydrogens is 324 g/mol. The molecule has 0 radical (unpaired) electrons. The first-order valence-electron chi connectivity index (χ1n) is 8.25. The van der Waals surface area contributed by atoms with E-state index in [1.165, 1.54) is 0 Å². The Morgan fingerprint density at radius 3 is 1.80 bits per heavy atom. The van der Waals surface area contributed by atoms with Gasteiger partial charge in [0.1, 0.15) is 0 Å². The quantitative estimate of drug-likeness (QED) is 0.602. The van der Waals surface area contributed by atoms with Gasteiger partial charge in [-0.2, -0.15) is 0 Å². The number of primary amides is 1. The number of nitrogens with two attached hydrogens (primary N) is 1. The number of carbonyl (C=O) groups excluding carboxylic acids is 3. The fraction of sp³-hybridized carbons (Fsp3) is 0.500. The summed E-state index contributed by atoms with van der Waals surface area (Å²) in [7, 11) is 0. The lowest BCUT2D eigenvalue weighted by Gasteiger charge is -2.32. The van der Waals surface area contributed by atoms with Crippen molar-refractivity contribution in [2.24, 2.45) is 5.73 Å². The first kappa shape index (κ1) is 22.6. The third-order valence-corrected chi connectivity index (χ3v) is 4.32. The third-order valence-electron chi connectivity index (χ3n) is 4.32. The zero-order chi connectivity index (χ0) is 19.5. The first-order chi connectivity index (χ1) is 11.7. The van der Waals surface area contributed by atoms with Crippen LogP contribution in [0.5, 0.6) is 0 Å². The number of carbonyl (C=O) groups is 3. The molecular formula is C18H26N2O5-2. The molecule has 7 heteroatoms. The highest BCUT2D eigenvalue weighted by molar-refractivity contribution is 6.25. The molecule has 0 saturated heterocycles. The largest absolute Gasteiger partial charge is 0.543 e. The normalized spacial score (nSPS) is 12.6. The topological polar surface area (TPSA) is 127 Å². The van der Waals surface area contributed by atoms with E-state index in [4.69, 9.17) is 25.5 Å². The molecule has 1 rings (SSSR count). The van der Waals surface area contributed by atoms with Crippen LogP contribution in [0.15, 0.2) is 30.3 Å². The Bertz CT molecular complexity index is 546. The van der Waals surface area contributed by atoms with Gasteiger partial charge in [-0.05, 0) is 38.0 Å². The van der Waals surface area contributed by atoms with E-state index in [0.29, 0.717) is 0 Å². The Kier molecular flexibility index (Phi) is 10.1. The number of carboxylic acids is 2. The van der Waals surface area contributed by atoms with Crippen molar-refractivity contribution in [3.63, 3.8) is 0 Å². The number of amides is 1. The molecule has 25 heavy (non-hydrogen) atoms. The number of carboxylic acid groups (broad SMARTS) is 2. The molecule has 2 N–H and O–H groups in total. The summed E-state index contributed by atoms with van der Waals surface area (Å²) in [6.45, 7) is 9.24. The Balaban J connectivity index is 0.000000823. The van der Waals surface area contributed by atoms with Crippen molar-refractivity contribution in [2.45, 2.75) is 39.0 Å². The van der Waals surface area contributed by atoms with Crippen molar-refractivity contribution in [1.82, 2.24) is 4.90 Å². The summed E-state index contributed by atoms with van der Waals surface area (Å²) in [4.78, 5) is 32.2. The molecule has 0 aliphatic heterocycles. The molecule has 140 valence electrons. The number of hydrogen-bond donors (Lipinski definition) is 1. The van der Waals surface area contributed by atoms with Crippen LogP contribution < -0.4 is 15.9 Å². The van der Waals surface area contributed by atoms with Gasteiger partial charge in [-0.3, -0.25) is 4.79 Å². The van der Waals surface area contributed by atoms with Gasteiger partial charge in [0.05, 0.1) is 17.4 Å². The fourth-order valence-electron chi connectivity index (χ4n) is 2.61. The second-order valence-corrected chi connectivity index (χ2v) is 5.52. The van der Waals surface area contributed by atoms with Crippen LogP contribution in [0.4, 0.5) is 0 Å². The number of rotatable bonds is 8. The molecule has 0 aromatic heterocycles. The Hall–Kier alpha value is -2.41. The SMILES string of the molecule is CCN(CC)CCC(CC)(C(N)=O)c1ccccc1.O=C([O-])C(=O)[O-]. The predicted octanol–water partition coefficient (Wildman–Crippen LogP) is -0.962. The predicted molar refractivity (Wildman–Crippen MR) is 90.0 cm³/mol. The van der Waals surface area contributed by atoms with Gasteiger partial charge in [-0.1, -0.05) is 51.1 Å². The maximum Gasteiger partial charge on any atom is 0.228 e. The van der Waals surface area contributed by atoms with E-state index >= 15 is 0 Å². The summed E-state index contributed by atoms with van der Waals surface area (Å²) in [6, 6.07) is 9.93. The number of hydrogen-bond acceptors (Lipinski definition) is 6. The Morgan fingerprint density at radius 1 is 1.00 bits per heavy atom. The summed E-state index contributed by atoms with van der Waals surface area (Å²) in [6.07, 6.45) is 1.53. The Morgan fingerprint density at radius 2 is 1.48 bits per heavy atom. The minimum atomic E-state index is -2.19. The average Bonchev–Trinajstić information content (AvgIpc) is 2.60. The van der Waals surface area contributed by atoms with E-state index < -0.39 is 17.4 Å². The van der Waals surface area contributed by atoms with Crippen LogP contribution >= 0.6 is 0 Å². The van der Waals surface area contributed by atoms with E-state index in [1.807, 2.05) is 37.3 Å². The van der Waals surface area contributed by atoms with E-state index in [0.717, 1.165) is 38.0 Å². The monoisotopic (exact) mass is 350 g/mol. The lowest BCUT2D eigenvalue weighted by molar-refractivity contribution is -0.345. The van der Waals surface area contributed by atoms with E-state index in [1.54, 1.807) is 0 Å². The van der Waals surface area contributed by atoms with Gasteiger partial charge in [-0.15, -0.1) is 0 Å². The van der Waals surface area contributed by atoms with Gasteiger partial charge < -0.3 is 30.4 Å². The minimum Gasteiger partial charge on any atom is -0.543 e. The van der Waals surface area contributed by atoms with E-state index in [2.05, 4.69) is 18.7 Å².